The molecule has 0 atom stereocenters. The molecule has 0 N–H and O–H groups in total. The van der Waals surface area contributed by atoms with Gasteiger partial charge in [-0.1, -0.05) is 73.7 Å². The molecule has 0 saturated heterocycles. The summed E-state index contributed by atoms with van der Waals surface area (Å²) in [5, 5.41) is 4.37. The highest BCUT2D eigenvalue weighted by atomic mass is 32.2. The van der Waals surface area contributed by atoms with Crippen LogP contribution in [0.5, 0.6) is 17.2 Å². The van der Waals surface area contributed by atoms with Crippen molar-refractivity contribution < 1.29 is 36.2 Å². The van der Waals surface area contributed by atoms with Crippen LogP contribution >= 0.6 is 0 Å². The summed E-state index contributed by atoms with van der Waals surface area (Å²) in [5.41, 5.74) is 3.66. The zero-order valence-corrected chi connectivity index (χ0v) is 29.8. The van der Waals surface area contributed by atoms with Gasteiger partial charge in [0.05, 0.1) is 23.2 Å². The van der Waals surface area contributed by atoms with Crippen LogP contribution in [-0.4, -0.2) is 32.7 Å². The fourth-order valence-corrected chi connectivity index (χ4v) is 7.01. The molecule has 0 aliphatic carbocycles. The molecule has 9 nitrogen and oxygen atoms in total. The number of nitrogens with zero attached hydrogens (tertiary/aromatic N) is 2. The number of para-hydroxylation sites is 1. The molecule has 0 spiro atoms. The highest BCUT2D eigenvalue weighted by Crippen LogP contribution is 2.42. The molecule has 1 aromatic heterocycles. The number of ether oxygens (including phenoxy) is 3. The van der Waals surface area contributed by atoms with Gasteiger partial charge in [-0.05, 0) is 88.1 Å². The number of aromatic nitrogens is 1. The van der Waals surface area contributed by atoms with Crippen molar-refractivity contribution in [3.8, 4) is 17.2 Å². The Bertz CT molecular complexity index is 2610. The van der Waals surface area contributed by atoms with Crippen LogP contribution in [0.15, 0.2) is 154 Å². The van der Waals surface area contributed by atoms with Crippen molar-refractivity contribution in [1.29, 1.82) is 0 Å². The van der Waals surface area contributed by atoms with Gasteiger partial charge in [-0.25, -0.2) is 8.42 Å². The fraction of sp³-hybridized carbons (Fsp3) is 0.140. The van der Waals surface area contributed by atoms with Crippen molar-refractivity contribution in [2.24, 2.45) is 0 Å². The van der Waals surface area contributed by atoms with E-state index in [1.54, 1.807) is 0 Å². The SMILES string of the molecule is CCC(=Cc1oc2cc3ccccc3cc2[n+]1CCOc1ccccc1)C=C1Oc2cc3ccccc3cc2N1CCOc1ccc(S(=O)(=O)[O-])cc1. The summed E-state index contributed by atoms with van der Waals surface area (Å²) in [4.78, 5) is 1.78. The maximum atomic E-state index is 11.4. The van der Waals surface area contributed by atoms with Crippen LogP contribution in [-0.2, 0) is 16.7 Å². The van der Waals surface area contributed by atoms with Gasteiger partial charge in [0.1, 0.15) is 34.8 Å². The first-order chi connectivity index (χ1) is 25.8. The Labute approximate surface area is 307 Å². The average Bonchev–Trinajstić information content (AvgIpc) is 3.68. The summed E-state index contributed by atoms with van der Waals surface area (Å²) in [6.07, 6.45) is 4.79. The highest BCUT2D eigenvalue weighted by Gasteiger charge is 2.28. The standard InChI is InChI=1S/C43H36N2O7S/c1-2-30(24-42-44(20-22-49-35-14-4-3-5-15-35)38-26-31-10-6-8-12-33(31)28-40(38)51-42)25-43-45(21-23-50-36-16-18-37(19-17-36)53(46,47)48)39-27-32-11-7-9-13-34(32)29-41(39)52-43/h3-19,24-29H,2,20-23H2,1H3. The van der Waals surface area contributed by atoms with Crippen LogP contribution in [0, 0.1) is 0 Å². The molecule has 1 aliphatic rings. The second kappa shape index (κ2) is 14.5. The minimum Gasteiger partial charge on any atom is -0.744 e. The first-order valence-electron chi connectivity index (χ1n) is 17.4. The van der Waals surface area contributed by atoms with Gasteiger partial charge in [0.15, 0.2) is 12.3 Å². The molecule has 266 valence electrons. The van der Waals surface area contributed by atoms with Crippen LogP contribution in [0.1, 0.15) is 19.2 Å². The van der Waals surface area contributed by atoms with E-state index in [-0.39, 0.29) is 11.5 Å². The Balaban J connectivity index is 1.13. The number of fused-ring (bicyclic) bond motifs is 4. The van der Waals surface area contributed by atoms with Gasteiger partial charge in [0.25, 0.3) is 5.52 Å². The average molecular weight is 725 g/mol. The van der Waals surface area contributed by atoms with Crippen LogP contribution in [0.3, 0.4) is 0 Å². The smallest absolute Gasteiger partial charge is 0.374 e. The number of oxazole rings is 1. The Kier molecular flexibility index (Phi) is 9.30. The molecule has 0 radical (unpaired) electrons. The van der Waals surface area contributed by atoms with E-state index in [4.69, 9.17) is 18.6 Å². The molecule has 1 aliphatic heterocycles. The fourth-order valence-electron chi connectivity index (χ4n) is 6.54. The Morgan fingerprint density at radius 2 is 1.40 bits per heavy atom. The van der Waals surface area contributed by atoms with Crippen LogP contribution in [0.25, 0.3) is 38.7 Å². The van der Waals surface area contributed by atoms with E-state index in [1.165, 1.54) is 24.3 Å². The summed E-state index contributed by atoms with van der Waals surface area (Å²) < 4.78 is 61.5. The predicted octanol–water partition coefficient (Wildman–Crippen LogP) is 8.62. The van der Waals surface area contributed by atoms with E-state index < -0.39 is 10.1 Å². The molecule has 10 heteroatoms. The van der Waals surface area contributed by atoms with Crippen molar-refractivity contribution in [3.05, 3.63) is 151 Å². The van der Waals surface area contributed by atoms with Gasteiger partial charge in [-0.3, -0.25) is 0 Å². The van der Waals surface area contributed by atoms with Crippen molar-refractivity contribution in [2.75, 3.05) is 24.7 Å². The van der Waals surface area contributed by atoms with Crippen LogP contribution < -0.4 is 23.7 Å². The summed E-state index contributed by atoms with van der Waals surface area (Å²) in [6.45, 7) is 3.82. The third kappa shape index (κ3) is 7.32. The maximum Gasteiger partial charge on any atom is 0.374 e. The molecular weight excluding hydrogens is 689 g/mol. The van der Waals surface area contributed by atoms with E-state index in [9.17, 15) is 13.0 Å². The van der Waals surface area contributed by atoms with Crippen LogP contribution in [0.2, 0.25) is 0 Å². The molecule has 0 unspecified atom stereocenters. The van der Waals surface area contributed by atoms with Crippen molar-refractivity contribution in [1.82, 2.24) is 0 Å². The van der Waals surface area contributed by atoms with Crippen LogP contribution in [0.4, 0.5) is 5.69 Å². The topological polar surface area (TPSA) is 105 Å². The minimum absolute atomic E-state index is 0.264. The number of anilines is 1. The van der Waals surface area contributed by atoms with Crippen molar-refractivity contribution in [2.45, 2.75) is 24.8 Å². The normalized spacial score (nSPS) is 13.9. The highest BCUT2D eigenvalue weighted by molar-refractivity contribution is 7.85. The number of allylic oxidation sites excluding steroid dienone is 2. The Hall–Kier alpha value is -6.10. The molecule has 0 amide bonds. The summed E-state index contributed by atoms with van der Waals surface area (Å²) in [5.74, 6) is 3.33. The Morgan fingerprint density at radius 3 is 2.09 bits per heavy atom. The first kappa shape index (κ1) is 34.0. The molecule has 2 heterocycles. The number of rotatable bonds is 12. The molecule has 6 aromatic carbocycles. The van der Waals surface area contributed by atoms with E-state index in [0.717, 1.165) is 55.4 Å². The van der Waals surface area contributed by atoms with Crippen molar-refractivity contribution in [3.63, 3.8) is 0 Å². The first-order valence-corrected chi connectivity index (χ1v) is 18.9. The second-order valence-corrected chi connectivity index (χ2v) is 14.1. The summed E-state index contributed by atoms with van der Waals surface area (Å²) in [7, 11) is -4.54. The number of benzene rings is 6. The monoisotopic (exact) mass is 724 g/mol. The molecule has 7 aromatic rings. The van der Waals surface area contributed by atoms with E-state index in [1.807, 2.05) is 66.7 Å². The van der Waals surface area contributed by atoms with E-state index in [2.05, 4.69) is 64.9 Å². The van der Waals surface area contributed by atoms with Gasteiger partial charge in [0.2, 0.25) is 11.5 Å². The van der Waals surface area contributed by atoms with Gasteiger partial charge < -0.3 is 28.1 Å². The quantitative estimate of drug-likeness (QED) is 0.0912. The molecule has 0 bridgehead atoms. The molecule has 0 fully saturated rings. The lowest BCUT2D eigenvalue weighted by Gasteiger charge is -2.19. The zero-order chi connectivity index (χ0) is 36.4. The van der Waals surface area contributed by atoms with Gasteiger partial charge in [-0.15, -0.1) is 0 Å². The molecule has 53 heavy (non-hydrogen) atoms. The summed E-state index contributed by atoms with van der Waals surface area (Å²) in [6, 6.07) is 40.0. The van der Waals surface area contributed by atoms with E-state index >= 15 is 0 Å². The predicted molar refractivity (Wildman–Crippen MR) is 204 cm³/mol. The van der Waals surface area contributed by atoms with Gasteiger partial charge in [-0.2, -0.15) is 4.57 Å². The van der Waals surface area contributed by atoms with Gasteiger partial charge in [0, 0.05) is 12.1 Å². The number of hydrogen-bond acceptors (Lipinski definition) is 8. The van der Waals surface area contributed by atoms with E-state index in [0.29, 0.717) is 43.6 Å². The third-order valence-corrected chi connectivity index (χ3v) is 10.1. The molecule has 8 rings (SSSR count). The molecule has 0 saturated carbocycles. The maximum absolute atomic E-state index is 11.4. The second-order valence-electron chi connectivity index (χ2n) is 12.7. The summed E-state index contributed by atoms with van der Waals surface area (Å²) >= 11 is 0. The molecular formula is C43H36N2O7S. The van der Waals surface area contributed by atoms with Gasteiger partial charge >= 0.3 is 5.89 Å². The third-order valence-electron chi connectivity index (χ3n) is 9.25. The lowest BCUT2D eigenvalue weighted by molar-refractivity contribution is -0.678. The zero-order valence-electron chi connectivity index (χ0n) is 29.0. The lowest BCUT2D eigenvalue weighted by atomic mass is 10.1. The minimum atomic E-state index is -4.54. The van der Waals surface area contributed by atoms with Crippen molar-refractivity contribution >= 4 is 54.5 Å². The number of hydrogen-bond donors (Lipinski definition) is 0. The Morgan fingerprint density at radius 1 is 0.774 bits per heavy atom. The largest absolute Gasteiger partial charge is 0.744 e. The lowest BCUT2D eigenvalue weighted by Crippen LogP contribution is -2.38.